The lowest BCUT2D eigenvalue weighted by atomic mass is 10.1. The molecular formula is C19H16ClN3O3. The second-order valence-electron chi connectivity index (χ2n) is 5.78. The average molecular weight is 370 g/mol. The van der Waals surface area contributed by atoms with Gasteiger partial charge in [0.1, 0.15) is 0 Å². The van der Waals surface area contributed by atoms with Crippen LogP contribution in [0.1, 0.15) is 26.4 Å². The summed E-state index contributed by atoms with van der Waals surface area (Å²) in [5.74, 6) is -0.402. The monoisotopic (exact) mass is 369 g/mol. The largest absolute Gasteiger partial charge is 0.366 e. The Kier molecular flexibility index (Phi) is 5.04. The molecule has 0 saturated carbocycles. The van der Waals surface area contributed by atoms with E-state index in [1.54, 1.807) is 43.4 Å². The molecule has 1 heterocycles. The molecule has 26 heavy (non-hydrogen) atoms. The van der Waals surface area contributed by atoms with E-state index in [1.165, 1.54) is 4.90 Å². The number of primary amides is 1. The summed E-state index contributed by atoms with van der Waals surface area (Å²) in [6, 6.07) is 15.5. The minimum atomic E-state index is -0.512. The summed E-state index contributed by atoms with van der Waals surface area (Å²) in [6.07, 6.45) is 0. The fourth-order valence-electron chi connectivity index (χ4n) is 2.53. The van der Waals surface area contributed by atoms with Crippen LogP contribution < -0.4 is 5.73 Å². The molecule has 132 valence electrons. The van der Waals surface area contributed by atoms with Gasteiger partial charge in [0.25, 0.3) is 5.91 Å². The maximum absolute atomic E-state index is 12.6. The third-order valence-corrected chi connectivity index (χ3v) is 4.18. The van der Waals surface area contributed by atoms with Gasteiger partial charge in [0, 0.05) is 30.8 Å². The molecule has 0 aliphatic rings. The molecule has 0 radical (unpaired) electrons. The molecule has 0 fully saturated rings. The molecular weight excluding hydrogens is 354 g/mol. The molecule has 0 aliphatic carbocycles. The number of halogens is 1. The van der Waals surface area contributed by atoms with Crippen molar-refractivity contribution in [3.8, 4) is 11.3 Å². The normalized spacial score (nSPS) is 10.5. The van der Waals surface area contributed by atoms with Gasteiger partial charge >= 0.3 is 0 Å². The van der Waals surface area contributed by atoms with Crippen molar-refractivity contribution in [1.82, 2.24) is 10.1 Å². The van der Waals surface area contributed by atoms with E-state index in [0.29, 0.717) is 28.5 Å². The Morgan fingerprint density at radius 1 is 1.15 bits per heavy atom. The van der Waals surface area contributed by atoms with E-state index >= 15 is 0 Å². The summed E-state index contributed by atoms with van der Waals surface area (Å²) in [4.78, 5) is 25.3. The maximum Gasteiger partial charge on any atom is 0.276 e. The summed E-state index contributed by atoms with van der Waals surface area (Å²) in [5, 5.41) is 4.36. The molecule has 6 nitrogen and oxygen atoms in total. The highest BCUT2D eigenvalue weighted by molar-refractivity contribution is 6.33. The van der Waals surface area contributed by atoms with Crippen LogP contribution in [0.5, 0.6) is 0 Å². The van der Waals surface area contributed by atoms with Crippen molar-refractivity contribution in [2.75, 3.05) is 7.05 Å². The molecule has 2 amide bonds. The fourth-order valence-corrected chi connectivity index (χ4v) is 2.76. The Bertz CT molecular complexity index is 968. The van der Waals surface area contributed by atoms with E-state index in [4.69, 9.17) is 21.9 Å². The lowest BCUT2D eigenvalue weighted by Crippen LogP contribution is -2.26. The third-order valence-electron chi connectivity index (χ3n) is 3.85. The Hall–Kier alpha value is -3.12. The van der Waals surface area contributed by atoms with Gasteiger partial charge in [-0.25, -0.2) is 0 Å². The molecule has 3 rings (SSSR count). The number of aromatic nitrogens is 1. The second-order valence-corrected chi connectivity index (χ2v) is 6.19. The number of carbonyl (C=O) groups excluding carboxylic acids is 2. The molecule has 0 unspecified atom stereocenters. The van der Waals surface area contributed by atoms with Crippen molar-refractivity contribution in [3.63, 3.8) is 0 Å². The highest BCUT2D eigenvalue weighted by Crippen LogP contribution is 2.28. The standard InChI is InChI=1S/C19H16ClN3O3/c1-23(11-12-5-4-6-13(9-12)18(21)24)19(25)16-10-17(26-22-16)14-7-2-3-8-15(14)20/h2-10H,11H2,1H3,(H2,21,24). The first-order chi connectivity index (χ1) is 12.5. The van der Waals surface area contributed by atoms with E-state index in [9.17, 15) is 9.59 Å². The fraction of sp³-hybridized carbons (Fsp3) is 0.105. The van der Waals surface area contributed by atoms with E-state index in [2.05, 4.69) is 5.16 Å². The van der Waals surface area contributed by atoms with Crippen LogP contribution in [0.25, 0.3) is 11.3 Å². The summed E-state index contributed by atoms with van der Waals surface area (Å²) in [6.45, 7) is 0.300. The molecule has 2 aromatic carbocycles. The van der Waals surface area contributed by atoms with Crippen LogP contribution in [0.4, 0.5) is 0 Å². The predicted octanol–water partition coefficient (Wildman–Crippen LogP) is 3.37. The molecule has 0 bridgehead atoms. The van der Waals surface area contributed by atoms with Crippen LogP contribution in [0.3, 0.4) is 0 Å². The van der Waals surface area contributed by atoms with Gasteiger partial charge in [-0.1, -0.05) is 41.0 Å². The zero-order chi connectivity index (χ0) is 18.7. The van der Waals surface area contributed by atoms with Crippen LogP contribution in [0, 0.1) is 0 Å². The first kappa shape index (κ1) is 17.7. The molecule has 3 aromatic rings. The van der Waals surface area contributed by atoms with Gasteiger partial charge in [-0.15, -0.1) is 0 Å². The van der Waals surface area contributed by atoms with Crippen LogP contribution in [-0.2, 0) is 6.54 Å². The van der Waals surface area contributed by atoms with Crippen LogP contribution in [0.15, 0.2) is 59.1 Å². The zero-order valence-electron chi connectivity index (χ0n) is 14.0. The Labute approximate surface area is 155 Å². The van der Waals surface area contributed by atoms with Crippen LogP contribution in [0.2, 0.25) is 5.02 Å². The molecule has 0 saturated heterocycles. The number of hydrogen-bond acceptors (Lipinski definition) is 4. The van der Waals surface area contributed by atoms with E-state index in [1.807, 2.05) is 18.2 Å². The van der Waals surface area contributed by atoms with Gasteiger partial charge in [0.05, 0.1) is 5.02 Å². The van der Waals surface area contributed by atoms with Gasteiger partial charge in [0.15, 0.2) is 11.5 Å². The number of carbonyl (C=O) groups is 2. The number of amides is 2. The second kappa shape index (κ2) is 7.41. The Morgan fingerprint density at radius 3 is 2.65 bits per heavy atom. The number of hydrogen-bond donors (Lipinski definition) is 1. The van der Waals surface area contributed by atoms with Gasteiger partial charge in [-0.3, -0.25) is 9.59 Å². The summed E-state index contributed by atoms with van der Waals surface area (Å²) >= 11 is 6.14. The zero-order valence-corrected chi connectivity index (χ0v) is 14.7. The number of nitrogens with two attached hydrogens (primary N) is 1. The quantitative estimate of drug-likeness (QED) is 0.746. The lowest BCUT2D eigenvalue weighted by molar-refractivity contribution is 0.0775. The first-order valence-electron chi connectivity index (χ1n) is 7.81. The summed E-state index contributed by atoms with van der Waals surface area (Å²) in [7, 11) is 1.64. The minimum absolute atomic E-state index is 0.175. The Morgan fingerprint density at radius 2 is 1.92 bits per heavy atom. The maximum atomic E-state index is 12.6. The van der Waals surface area contributed by atoms with Crippen molar-refractivity contribution < 1.29 is 14.1 Å². The topological polar surface area (TPSA) is 89.4 Å². The van der Waals surface area contributed by atoms with Crippen molar-refractivity contribution in [1.29, 1.82) is 0 Å². The van der Waals surface area contributed by atoms with Crippen molar-refractivity contribution in [2.45, 2.75) is 6.54 Å². The van der Waals surface area contributed by atoms with E-state index < -0.39 is 5.91 Å². The van der Waals surface area contributed by atoms with Gasteiger partial charge in [-0.2, -0.15) is 0 Å². The van der Waals surface area contributed by atoms with Crippen molar-refractivity contribution in [2.24, 2.45) is 5.73 Å². The van der Waals surface area contributed by atoms with Crippen LogP contribution >= 0.6 is 11.6 Å². The Balaban J connectivity index is 1.76. The van der Waals surface area contributed by atoms with Gasteiger partial charge in [0.2, 0.25) is 5.91 Å². The first-order valence-corrected chi connectivity index (χ1v) is 8.19. The highest BCUT2D eigenvalue weighted by Gasteiger charge is 2.19. The van der Waals surface area contributed by atoms with E-state index in [-0.39, 0.29) is 11.6 Å². The van der Waals surface area contributed by atoms with E-state index in [0.717, 1.165) is 5.56 Å². The van der Waals surface area contributed by atoms with Crippen LogP contribution in [-0.4, -0.2) is 28.9 Å². The number of rotatable bonds is 5. The lowest BCUT2D eigenvalue weighted by Gasteiger charge is -2.15. The SMILES string of the molecule is CN(Cc1cccc(C(N)=O)c1)C(=O)c1cc(-c2ccccc2Cl)on1. The number of nitrogens with zero attached hydrogens (tertiary/aromatic N) is 2. The molecule has 0 aliphatic heterocycles. The molecule has 1 aromatic heterocycles. The highest BCUT2D eigenvalue weighted by atomic mass is 35.5. The average Bonchev–Trinajstić information content (AvgIpc) is 3.11. The molecule has 2 N–H and O–H groups in total. The summed E-state index contributed by atoms with van der Waals surface area (Å²) < 4.78 is 5.26. The third kappa shape index (κ3) is 3.75. The molecule has 0 spiro atoms. The molecule has 0 atom stereocenters. The minimum Gasteiger partial charge on any atom is -0.366 e. The summed E-state index contributed by atoms with van der Waals surface area (Å²) in [5.41, 5.74) is 7.30. The van der Waals surface area contributed by atoms with Crippen molar-refractivity contribution >= 4 is 23.4 Å². The van der Waals surface area contributed by atoms with Gasteiger partial charge < -0.3 is 15.2 Å². The predicted molar refractivity (Wildman–Crippen MR) is 97.7 cm³/mol. The van der Waals surface area contributed by atoms with Crippen molar-refractivity contribution in [3.05, 3.63) is 76.4 Å². The number of benzene rings is 2. The van der Waals surface area contributed by atoms with Gasteiger partial charge in [-0.05, 0) is 29.8 Å². The molecule has 7 heteroatoms. The smallest absolute Gasteiger partial charge is 0.276 e.